The van der Waals surface area contributed by atoms with Gasteiger partial charge in [0.05, 0.1) is 4.99 Å². The molecule has 2 rings (SSSR count). The molecule has 220 valence electrons. The van der Waals surface area contributed by atoms with Crippen molar-refractivity contribution in [2.75, 3.05) is 14.1 Å². The van der Waals surface area contributed by atoms with Crippen molar-refractivity contribution in [1.29, 1.82) is 0 Å². The molecule has 40 heavy (non-hydrogen) atoms. The Morgan fingerprint density at radius 1 is 0.750 bits per heavy atom. The summed E-state index contributed by atoms with van der Waals surface area (Å²) < 4.78 is 0. The van der Waals surface area contributed by atoms with Crippen molar-refractivity contribution >= 4 is 87.9 Å². The number of aryl methyl sites for hydroxylation is 2. The molecule has 7 nitrogen and oxygen atoms in total. The van der Waals surface area contributed by atoms with Gasteiger partial charge in [0.2, 0.25) is 5.91 Å². The number of carbonyl (C=O) groups is 1. The Hall–Kier alpha value is 2.95. The molecule has 0 N–H and O–H groups in total. The number of hydrogen-bond donors (Lipinski definition) is 0. The second-order valence-corrected chi connectivity index (χ2v) is 9.41. The molecule has 2 heterocycles. The van der Waals surface area contributed by atoms with Crippen LogP contribution in [-0.4, -0.2) is 61.8 Å². The van der Waals surface area contributed by atoms with E-state index in [1.165, 1.54) is 6.04 Å². The van der Waals surface area contributed by atoms with Crippen molar-refractivity contribution in [1.82, 2.24) is 30.2 Å². The average Bonchev–Trinajstić information content (AvgIpc) is 3.28. The molecule has 2 aromatic rings. The van der Waals surface area contributed by atoms with E-state index in [-0.39, 0.29) is 184 Å². The van der Waals surface area contributed by atoms with Gasteiger partial charge < -0.3 is 30.2 Å². The molecule has 8 radical (unpaired) electrons. The minimum Gasteiger partial charge on any atom is -0.578 e. The van der Waals surface area contributed by atoms with Crippen LogP contribution >= 0.6 is 60.2 Å². The first kappa shape index (κ1) is 61.9. The summed E-state index contributed by atoms with van der Waals surface area (Å²) in [5, 5.41) is 16.4. The van der Waals surface area contributed by atoms with Gasteiger partial charge in [-0.05, 0) is 25.9 Å². The van der Waals surface area contributed by atoms with Crippen LogP contribution in [0.2, 0.25) is 0 Å². The number of rotatable bonds is 6. The molecule has 0 fully saturated rings. The van der Waals surface area contributed by atoms with Gasteiger partial charge in [0.25, 0.3) is 0 Å². The van der Waals surface area contributed by atoms with Crippen LogP contribution in [-0.2, 0) is 108 Å². The van der Waals surface area contributed by atoms with Crippen molar-refractivity contribution < 1.29 is 112 Å². The molecular formula is C24H40B2I2N6OSW2Y2-4. The fraction of sp³-hybridized carbons (Fsp3) is 0.583. The van der Waals surface area contributed by atoms with E-state index >= 15 is 0 Å². The molecule has 0 aliphatic heterocycles. The van der Waals surface area contributed by atoms with Gasteiger partial charge in [-0.25, -0.2) is 12.1 Å². The van der Waals surface area contributed by atoms with Gasteiger partial charge in [0.1, 0.15) is 0 Å². The third-order valence-corrected chi connectivity index (χ3v) is 5.80. The topological polar surface area (TPSA) is 77.5 Å². The van der Waals surface area contributed by atoms with Crippen molar-refractivity contribution in [3.05, 3.63) is 46.0 Å². The van der Waals surface area contributed by atoms with E-state index in [0.717, 1.165) is 33.7 Å². The number of hydrogen-bond acceptors (Lipinski definition) is 4. The number of nitrogens with zero attached hydrogens (tertiary/aromatic N) is 6. The second kappa shape index (κ2) is 29.4. The summed E-state index contributed by atoms with van der Waals surface area (Å²) in [6.45, 7) is 19.9. The Balaban J connectivity index is -0.0000000711. The van der Waals surface area contributed by atoms with Gasteiger partial charge in [-0.1, -0.05) is 53.8 Å². The predicted molar refractivity (Wildman–Crippen MR) is 176 cm³/mol. The molecule has 2 aromatic heterocycles. The number of thiocarbonyl (C=S) groups is 1. The van der Waals surface area contributed by atoms with Gasteiger partial charge in [0, 0.05) is 147 Å². The molecule has 0 spiro atoms. The standard InChI is InChI=1S/C12H20N3O.C12H20N3S.2B.2HI.2W.2Y/c2*1-7(2)11-10(9(5)13-14-11)12(16)15(6)8(3)4;;;;;;;;/h2*7H,1-6H3,(H,13,14,16);;;2*1H;;;;/q2*-1;;;;;;;;/p-2. The number of amides is 1. The zero-order valence-corrected chi connectivity index (χ0v) is 42.6. The number of halogens is 2. The fourth-order valence-corrected chi connectivity index (χ4v) is 3.34. The number of aromatic nitrogens is 4. The summed E-state index contributed by atoms with van der Waals surface area (Å²) in [4.78, 5) is 16.7. The molecule has 0 saturated heterocycles. The molecule has 0 bridgehead atoms. The third-order valence-electron chi connectivity index (χ3n) is 5.32. The van der Waals surface area contributed by atoms with Crippen molar-refractivity contribution in [3.63, 3.8) is 0 Å². The van der Waals surface area contributed by atoms with Gasteiger partial charge in [-0.3, -0.25) is 4.79 Å². The van der Waals surface area contributed by atoms with E-state index in [4.69, 9.17) is 12.2 Å². The Bertz CT molecular complexity index is 880. The normalized spacial score (nSPS) is 9.00. The first-order chi connectivity index (χ1) is 14.7. The number of carbonyl (C=O) groups excluding carboxylic acids is 1. The van der Waals surface area contributed by atoms with Crippen LogP contribution in [0.15, 0.2) is 0 Å². The SMILES string of the molecule is Cc1[n-]nc(C(C)C)c1C(=O)N(C)[C-](C)C.Cc1[n-]nc(C(C)C)c1C(=S)N(C)[C-](C)C.I.I.[B].[B].[W].[W].[Y].[Y]. The maximum Gasteiger partial charge on any atom is 0.225 e. The first-order valence-corrected chi connectivity index (χ1v) is 11.3. The van der Waals surface area contributed by atoms with E-state index in [0.29, 0.717) is 17.2 Å². The first-order valence-electron chi connectivity index (χ1n) is 10.9. The largest absolute Gasteiger partial charge is 0.578 e. The Morgan fingerprint density at radius 3 is 1.35 bits per heavy atom. The molecule has 16 heteroatoms. The summed E-state index contributed by atoms with van der Waals surface area (Å²) in [5.74, 6) is 0.539. The molecule has 0 aliphatic rings. The van der Waals surface area contributed by atoms with Crippen LogP contribution in [0.4, 0.5) is 0 Å². The maximum atomic E-state index is 12.2. The minimum atomic E-state index is -0.0220. The average molecular weight is 1280 g/mol. The van der Waals surface area contributed by atoms with E-state index in [9.17, 15) is 4.79 Å². The molecule has 0 saturated carbocycles. The second-order valence-electron chi connectivity index (χ2n) is 9.02. The van der Waals surface area contributed by atoms with Crippen LogP contribution in [0.1, 0.15) is 106 Å². The molecule has 0 aromatic carbocycles. The van der Waals surface area contributed by atoms with Crippen molar-refractivity contribution in [3.8, 4) is 0 Å². The smallest absolute Gasteiger partial charge is 0.225 e. The molecule has 1 amide bonds. The third kappa shape index (κ3) is 17.6. The van der Waals surface area contributed by atoms with E-state index in [2.05, 4.69) is 34.2 Å². The van der Waals surface area contributed by atoms with Gasteiger partial charge in [0.15, 0.2) is 0 Å². The van der Waals surface area contributed by atoms with Crippen molar-refractivity contribution in [2.24, 2.45) is 0 Å². The van der Waals surface area contributed by atoms with Crippen molar-refractivity contribution in [2.45, 2.75) is 81.1 Å². The van der Waals surface area contributed by atoms with Gasteiger partial charge in [-0.15, -0.1) is 59.3 Å². The Labute approximate surface area is 365 Å². The van der Waals surface area contributed by atoms with E-state index in [1.807, 2.05) is 67.3 Å². The quantitative estimate of drug-likeness (QED) is 0.170. The van der Waals surface area contributed by atoms with Crippen LogP contribution in [0.5, 0.6) is 0 Å². The van der Waals surface area contributed by atoms with E-state index in [1.54, 1.807) is 11.9 Å². The molecule has 0 unspecified atom stereocenters. The summed E-state index contributed by atoms with van der Waals surface area (Å²) in [6.07, 6.45) is 0. The Morgan fingerprint density at radius 2 is 1.05 bits per heavy atom. The van der Waals surface area contributed by atoms with Crippen LogP contribution in [0, 0.1) is 25.9 Å². The monoisotopic (exact) mass is 1280 g/mol. The van der Waals surface area contributed by atoms with Crippen LogP contribution in [0.3, 0.4) is 0 Å². The molecule has 0 aliphatic carbocycles. The molecular weight excluding hydrogens is 1240 g/mol. The fourth-order valence-electron chi connectivity index (χ4n) is 2.91. The van der Waals surface area contributed by atoms with Gasteiger partial charge in [-0.2, -0.15) is 27.7 Å². The maximum absolute atomic E-state index is 12.2. The van der Waals surface area contributed by atoms with Crippen LogP contribution in [0.25, 0.3) is 0 Å². The minimum absolute atomic E-state index is 0. The summed E-state index contributed by atoms with van der Waals surface area (Å²) >= 11 is 5.49. The van der Waals surface area contributed by atoms with E-state index < -0.39 is 0 Å². The van der Waals surface area contributed by atoms with Crippen LogP contribution < -0.4 is 10.2 Å². The zero-order chi connectivity index (χ0) is 24.9. The Kier molecular flexibility index (Phi) is 45.4. The summed E-state index contributed by atoms with van der Waals surface area (Å²) in [7, 11) is 3.75. The van der Waals surface area contributed by atoms with Gasteiger partial charge >= 0.3 is 0 Å². The predicted octanol–water partition coefficient (Wildman–Crippen LogP) is 5.23. The molecule has 0 atom stereocenters. The zero-order valence-electron chi connectivity index (χ0n) is 25.6. The summed E-state index contributed by atoms with van der Waals surface area (Å²) in [6, 6.07) is 2.13. The summed E-state index contributed by atoms with van der Waals surface area (Å²) in [5.41, 5.74) is 5.09.